The van der Waals surface area contributed by atoms with Crippen molar-refractivity contribution in [2.75, 3.05) is 27.4 Å². The third-order valence-electron chi connectivity index (χ3n) is 8.97. The fraction of sp³-hybridized carbons (Fsp3) is 0.424. The number of methoxy groups -OCH3 is 2. The number of hydrogen-bond donors (Lipinski definition) is 3. The van der Waals surface area contributed by atoms with E-state index in [0.29, 0.717) is 11.1 Å². The molecule has 1 fully saturated rings. The van der Waals surface area contributed by atoms with Crippen molar-refractivity contribution in [3.63, 3.8) is 0 Å². The number of pyridine rings is 1. The van der Waals surface area contributed by atoms with Crippen molar-refractivity contribution in [2.45, 2.75) is 50.0 Å². The predicted molar refractivity (Wildman–Crippen MR) is 157 cm³/mol. The molecule has 2 aromatic carbocycles. The summed E-state index contributed by atoms with van der Waals surface area (Å²) in [5.41, 5.74) is -2.36. The highest BCUT2D eigenvalue weighted by atomic mass is 16.5. The van der Waals surface area contributed by atoms with Crippen LogP contribution in [0.15, 0.2) is 67.0 Å². The molecule has 0 radical (unpaired) electrons. The molecule has 1 aliphatic heterocycles. The zero-order chi connectivity index (χ0) is 31.2. The van der Waals surface area contributed by atoms with Crippen molar-refractivity contribution in [1.29, 1.82) is 5.26 Å². The van der Waals surface area contributed by atoms with Gasteiger partial charge < -0.3 is 34.4 Å². The van der Waals surface area contributed by atoms with Crippen LogP contribution >= 0.6 is 0 Å². The Morgan fingerprint density at radius 1 is 1.14 bits per heavy atom. The molecule has 0 spiro atoms. The second-order valence-electron chi connectivity index (χ2n) is 12.3. The number of aliphatic hydroxyl groups excluding tert-OH is 1. The lowest BCUT2D eigenvalue weighted by Gasteiger charge is -2.42. The minimum absolute atomic E-state index is 0.131. The van der Waals surface area contributed by atoms with Crippen molar-refractivity contribution >= 4 is 6.09 Å². The van der Waals surface area contributed by atoms with Crippen LogP contribution in [0.2, 0.25) is 0 Å². The van der Waals surface area contributed by atoms with Crippen molar-refractivity contribution in [1.82, 2.24) is 9.88 Å². The van der Waals surface area contributed by atoms with Crippen LogP contribution in [0.5, 0.6) is 11.5 Å². The predicted octanol–water partition coefficient (Wildman–Crippen LogP) is 4.25. The summed E-state index contributed by atoms with van der Waals surface area (Å²) in [5, 5.41) is 45.4. The van der Waals surface area contributed by atoms with Gasteiger partial charge in [-0.05, 0) is 28.7 Å². The van der Waals surface area contributed by atoms with E-state index in [2.05, 4.69) is 11.1 Å². The Morgan fingerprint density at radius 3 is 2.37 bits per heavy atom. The fourth-order valence-corrected chi connectivity index (χ4v) is 7.06. The summed E-state index contributed by atoms with van der Waals surface area (Å²) < 4.78 is 17.9. The number of carbonyl (C=O) groups is 1. The standard InChI is InChI=1S/C33H37N3O7/c1-31(2,3)26(19-41-4)36(30(38)39)18-23-27(21-9-7-6-8-10-21)33(22-13-11-20(15-34)12-14-22)32(40,29(23)37)28-24(42-5)16-35-17-25(28)43-33/h6-14,16-17,23,26-27,29,37,40H,18-19H2,1-5H3,(H,38,39)/t23-,26?,27-,29-,32+,33+/m1/s1. The van der Waals surface area contributed by atoms with Crippen molar-refractivity contribution in [3.8, 4) is 17.6 Å². The maximum Gasteiger partial charge on any atom is 0.407 e. The van der Waals surface area contributed by atoms with E-state index >= 15 is 0 Å². The molecule has 2 heterocycles. The third-order valence-corrected chi connectivity index (χ3v) is 8.97. The van der Waals surface area contributed by atoms with E-state index in [9.17, 15) is 25.4 Å². The Bertz CT molecular complexity index is 1520. The molecule has 1 aliphatic carbocycles. The number of rotatable bonds is 8. The van der Waals surface area contributed by atoms with E-state index in [1.807, 2.05) is 51.1 Å². The molecule has 3 N–H and O–H groups in total. The van der Waals surface area contributed by atoms with E-state index in [-0.39, 0.29) is 30.2 Å². The molecule has 10 nitrogen and oxygen atoms in total. The number of aliphatic hydroxyl groups is 2. The first-order valence-corrected chi connectivity index (χ1v) is 14.1. The topological polar surface area (TPSA) is 145 Å². The first kappa shape index (κ1) is 30.3. The number of ether oxygens (including phenoxy) is 3. The van der Waals surface area contributed by atoms with Crippen LogP contribution in [-0.2, 0) is 15.9 Å². The molecule has 10 heteroatoms. The van der Waals surface area contributed by atoms with Crippen LogP contribution in [0, 0.1) is 22.7 Å². The van der Waals surface area contributed by atoms with Gasteiger partial charge in [0.25, 0.3) is 0 Å². The zero-order valence-corrected chi connectivity index (χ0v) is 24.9. The lowest BCUT2D eigenvalue weighted by atomic mass is 9.70. The van der Waals surface area contributed by atoms with Crippen LogP contribution in [0.25, 0.3) is 0 Å². The van der Waals surface area contributed by atoms with Gasteiger partial charge >= 0.3 is 6.09 Å². The lowest BCUT2D eigenvalue weighted by Crippen LogP contribution is -2.53. The molecule has 1 saturated carbocycles. The minimum atomic E-state index is -2.10. The van der Waals surface area contributed by atoms with Crippen molar-refractivity contribution in [2.24, 2.45) is 11.3 Å². The van der Waals surface area contributed by atoms with E-state index in [0.717, 1.165) is 5.56 Å². The molecule has 0 saturated heterocycles. The monoisotopic (exact) mass is 587 g/mol. The summed E-state index contributed by atoms with van der Waals surface area (Å²) in [4.78, 5) is 18.4. The maximum absolute atomic E-state index is 13.0. The SMILES string of the molecule is COCC(N(C[C@H]1[C@@H](O)[C@@]2(O)c3c(OC)cncc3O[C@@]2(c2ccc(C#N)cc2)[C@@H]1c1ccccc1)C(=O)O)C(C)(C)C. The van der Waals surface area contributed by atoms with Crippen LogP contribution in [0.1, 0.15) is 48.9 Å². The quantitative estimate of drug-likeness (QED) is 0.352. The molecule has 5 rings (SSSR count). The normalized spacial score (nSPS) is 26.5. The number of benzene rings is 2. The van der Waals surface area contributed by atoms with Gasteiger partial charge in [0.1, 0.15) is 11.5 Å². The molecule has 1 aromatic heterocycles. The number of nitriles is 1. The molecular weight excluding hydrogens is 550 g/mol. The van der Waals surface area contributed by atoms with Crippen LogP contribution in [-0.4, -0.2) is 70.8 Å². The number of hydrogen-bond acceptors (Lipinski definition) is 8. The Hall–Kier alpha value is -4.17. The molecule has 2 aliphatic rings. The third kappa shape index (κ3) is 4.59. The van der Waals surface area contributed by atoms with E-state index in [1.54, 1.807) is 24.3 Å². The summed E-state index contributed by atoms with van der Waals surface area (Å²) in [5.74, 6) is -1.15. The molecule has 226 valence electrons. The second kappa shape index (κ2) is 11.2. The number of aromatic nitrogens is 1. The van der Waals surface area contributed by atoms with E-state index < -0.39 is 46.7 Å². The van der Waals surface area contributed by atoms with Gasteiger partial charge in [-0.25, -0.2) is 4.79 Å². The van der Waals surface area contributed by atoms with Gasteiger partial charge in [0.05, 0.1) is 55.5 Å². The highest BCUT2D eigenvalue weighted by molar-refractivity contribution is 5.66. The molecule has 1 amide bonds. The average Bonchev–Trinajstić information content (AvgIpc) is 3.37. The van der Waals surface area contributed by atoms with Gasteiger partial charge in [-0.15, -0.1) is 0 Å². The highest BCUT2D eigenvalue weighted by Gasteiger charge is 2.77. The average molecular weight is 588 g/mol. The summed E-state index contributed by atoms with van der Waals surface area (Å²) in [6, 6.07) is 17.6. The summed E-state index contributed by atoms with van der Waals surface area (Å²) in [6.07, 6.45) is 0.234. The molecular formula is C33H37N3O7. The van der Waals surface area contributed by atoms with Gasteiger partial charge in [-0.3, -0.25) is 4.98 Å². The Labute approximate surface area is 251 Å². The molecule has 0 bridgehead atoms. The zero-order valence-electron chi connectivity index (χ0n) is 24.9. The van der Waals surface area contributed by atoms with Gasteiger partial charge in [0.2, 0.25) is 0 Å². The largest absolute Gasteiger partial charge is 0.495 e. The smallest absolute Gasteiger partial charge is 0.407 e. The van der Waals surface area contributed by atoms with Crippen LogP contribution in [0.4, 0.5) is 4.79 Å². The van der Waals surface area contributed by atoms with Crippen molar-refractivity contribution < 1.29 is 34.3 Å². The first-order chi connectivity index (χ1) is 20.4. The minimum Gasteiger partial charge on any atom is -0.495 e. The van der Waals surface area contributed by atoms with Crippen LogP contribution < -0.4 is 9.47 Å². The van der Waals surface area contributed by atoms with Crippen molar-refractivity contribution in [3.05, 3.63) is 89.2 Å². The molecule has 3 aromatic rings. The molecule has 1 unspecified atom stereocenters. The van der Waals surface area contributed by atoms with Crippen LogP contribution in [0.3, 0.4) is 0 Å². The maximum atomic E-state index is 13.0. The van der Waals surface area contributed by atoms with Gasteiger partial charge in [0.15, 0.2) is 11.2 Å². The second-order valence-corrected chi connectivity index (χ2v) is 12.3. The van der Waals surface area contributed by atoms with Gasteiger partial charge in [-0.2, -0.15) is 5.26 Å². The number of amides is 1. The molecule has 43 heavy (non-hydrogen) atoms. The fourth-order valence-electron chi connectivity index (χ4n) is 7.06. The summed E-state index contributed by atoms with van der Waals surface area (Å²) >= 11 is 0. The molecule has 6 atom stereocenters. The first-order valence-electron chi connectivity index (χ1n) is 14.1. The van der Waals surface area contributed by atoms with E-state index in [1.165, 1.54) is 31.5 Å². The Kier molecular flexibility index (Phi) is 7.86. The number of carboxylic acid groups (broad SMARTS) is 1. The summed E-state index contributed by atoms with van der Waals surface area (Å²) in [6.45, 7) is 5.81. The van der Waals surface area contributed by atoms with Gasteiger partial charge in [0, 0.05) is 25.5 Å². The number of fused-ring (bicyclic) bond motifs is 3. The lowest BCUT2D eigenvalue weighted by molar-refractivity contribution is -0.152. The Balaban J connectivity index is 1.80. The van der Waals surface area contributed by atoms with Gasteiger partial charge in [-0.1, -0.05) is 63.2 Å². The summed E-state index contributed by atoms with van der Waals surface area (Å²) in [7, 11) is 2.97. The van der Waals surface area contributed by atoms with E-state index in [4.69, 9.17) is 14.2 Å². The highest BCUT2D eigenvalue weighted by Crippen LogP contribution is 2.69. The Morgan fingerprint density at radius 2 is 1.81 bits per heavy atom. The number of nitrogens with zero attached hydrogens (tertiary/aromatic N) is 3.